The first-order chi connectivity index (χ1) is 9.22. The predicted octanol–water partition coefficient (Wildman–Crippen LogP) is 3.96. The van der Waals surface area contributed by atoms with Gasteiger partial charge in [-0.25, -0.2) is 4.39 Å². The van der Waals surface area contributed by atoms with Crippen LogP contribution >= 0.6 is 11.3 Å². The largest absolute Gasteiger partial charge is 0.382 e. The van der Waals surface area contributed by atoms with Crippen LogP contribution in [0.25, 0.3) is 0 Å². The van der Waals surface area contributed by atoms with Crippen molar-refractivity contribution < 1.29 is 9.18 Å². The molecule has 2 rings (SSSR count). The molecule has 19 heavy (non-hydrogen) atoms. The van der Waals surface area contributed by atoms with E-state index in [1.165, 1.54) is 23.5 Å². The van der Waals surface area contributed by atoms with Gasteiger partial charge >= 0.3 is 0 Å². The van der Waals surface area contributed by atoms with E-state index in [9.17, 15) is 9.18 Å². The van der Waals surface area contributed by atoms with Crippen molar-refractivity contribution in [2.75, 3.05) is 17.2 Å². The summed E-state index contributed by atoms with van der Waals surface area (Å²) in [6.07, 6.45) is 0.861. The number of nitrogens with one attached hydrogen (secondary N) is 2. The highest BCUT2D eigenvalue weighted by molar-refractivity contribution is 7.08. The minimum atomic E-state index is -0.411. The Balaban J connectivity index is 2.22. The van der Waals surface area contributed by atoms with Gasteiger partial charge in [0.25, 0.3) is 5.91 Å². The van der Waals surface area contributed by atoms with Gasteiger partial charge in [0.15, 0.2) is 0 Å². The van der Waals surface area contributed by atoms with E-state index in [0.717, 1.165) is 12.1 Å². The fraction of sp³-hybridized carbons (Fsp3) is 0.214. The third-order valence-corrected chi connectivity index (χ3v) is 3.27. The Hall–Kier alpha value is -1.88. The van der Waals surface area contributed by atoms with E-state index in [0.29, 0.717) is 12.1 Å². The lowest BCUT2D eigenvalue weighted by molar-refractivity contribution is 0.102. The minimum Gasteiger partial charge on any atom is -0.382 e. The van der Waals surface area contributed by atoms with Gasteiger partial charge in [-0.3, -0.25) is 4.79 Å². The first-order valence-electron chi connectivity index (χ1n) is 6.08. The number of benzene rings is 1. The molecule has 0 spiro atoms. The molecule has 0 bridgehead atoms. The molecule has 0 atom stereocenters. The summed E-state index contributed by atoms with van der Waals surface area (Å²) in [6.45, 7) is 2.61. The molecule has 1 heterocycles. The fourth-order valence-corrected chi connectivity index (χ4v) is 2.26. The normalized spacial score (nSPS) is 10.2. The second-order valence-electron chi connectivity index (χ2n) is 4.06. The molecule has 2 N–H and O–H groups in total. The van der Waals surface area contributed by atoms with Crippen molar-refractivity contribution in [1.29, 1.82) is 0 Å². The molecule has 0 aliphatic heterocycles. The Morgan fingerprint density at radius 3 is 2.89 bits per heavy atom. The quantitative estimate of drug-likeness (QED) is 0.869. The summed E-state index contributed by atoms with van der Waals surface area (Å²) in [4.78, 5) is 12.1. The first-order valence-corrected chi connectivity index (χ1v) is 7.02. The van der Waals surface area contributed by atoms with Crippen LogP contribution in [0.5, 0.6) is 0 Å². The van der Waals surface area contributed by atoms with Crippen LogP contribution in [0.4, 0.5) is 15.8 Å². The Kier molecular flexibility index (Phi) is 4.52. The summed E-state index contributed by atoms with van der Waals surface area (Å²) in [7, 11) is 0. The molecule has 1 amide bonds. The molecule has 0 saturated heterocycles. The Morgan fingerprint density at radius 1 is 1.37 bits per heavy atom. The lowest BCUT2D eigenvalue weighted by Gasteiger charge is -2.12. The van der Waals surface area contributed by atoms with Gasteiger partial charge in [-0.1, -0.05) is 13.0 Å². The zero-order valence-corrected chi connectivity index (χ0v) is 11.4. The molecule has 0 aliphatic carbocycles. The van der Waals surface area contributed by atoms with Gasteiger partial charge in [-0.2, -0.15) is 11.3 Å². The SMILES string of the molecule is CCCNc1c(F)cccc1C(=O)Nc1ccsc1. The zero-order valence-electron chi connectivity index (χ0n) is 10.6. The molecule has 0 saturated carbocycles. The van der Waals surface area contributed by atoms with Crippen LogP contribution in [0.3, 0.4) is 0 Å². The van der Waals surface area contributed by atoms with Crippen LogP contribution < -0.4 is 10.6 Å². The van der Waals surface area contributed by atoms with E-state index < -0.39 is 5.82 Å². The van der Waals surface area contributed by atoms with Crippen molar-refractivity contribution >= 4 is 28.6 Å². The summed E-state index contributed by atoms with van der Waals surface area (Å²) in [5.41, 5.74) is 1.30. The Morgan fingerprint density at radius 2 is 2.21 bits per heavy atom. The van der Waals surface area contributed by atoms with Crippen molar-refractivity contribution in [3.05, 3.63) is 46.4 Å². The van der Waals surface area contributed by atoms with E-state index in [2.05, 4.69) is 10.6 Å². The Bertz CT molecular complexity index is 555. The first kappa shape index (κ1) is 13.5. The number of hydrogen-bond acceptors (Lipinski definition) is 3. The molecule has 5 heteroatoms. The Labute approximate surface area is 115 Å². The highest BCUT2D eigenvalue weighted by Gasteiger charge is 2.14. The average molecular weight is 278 g/mol. The lowest BCUT2D eigenvalue weighted by Crippen LogP contribution is -2.15. The van der Waals surface area contributed by atoms with Gasteiger partial charge in [-0.05, 0) is 30.0 Å². The molecular weight excluding hydrogens is 263 g/mol. The third kappa shape index (κ3) is 3.32. The summed E-state index contributed by atoms with van der Waals surface area (Å²) in [6, 6.07) is 6.30. The molecule has 0 unspecified atom stereocenters. The van der Waals surface area contributed by atoms with Crippen molar-refractivity contribution in [3.8, 4) is 0 Å². The second-order valence-corrected chi connectivity index (χ2v) is 4.84. The van der Waals surface area contributed by atoms with Gasteiger partial charge < -0.3 is 10.6 Å². The number of hydrogen-bond donors (Lipinski definition) is 2. The van der Waals surface area contributed by atoms with E-state index in [1.807, 2.05) is 17.7 Å². The topological polar surface area (TPSA) is 41.1 Å². The molecule has 1 aromatic heterocycles. The third-order valence-electron chi connectivity index (χ3n) is 2.59. The standard InChI is InChI=1S/C14H15FN2OS/c1-2-7-16-13-11(4-3-5-12(13)15)14(18)17-10-6-8-19-9-10/h3-6,8-9,16H,2,7H2,1H3,(H,17,18). The number of carbonyl (C=O) groups excluding carboxylic acids is 1. The van der Waals surface area contributed by atoms with Gasteiger partial charge in [0.05, 0.1) is 16.9 Å². The van der Waals surface area contributed by atoms with Crippen LogP contribution in [0.2, 0.25) is 0 Å². The number of para-hydroxylation sites is 1. The minimum absolute atomic E-state index is 0.261. The summed E-state index contributed by atoms with van der Waals surface area (Å²) in [5.74, 6) is -0.720. The van der Waals surface area contributed by atoms with Gasteiger partial charge in [0, 0.05) is 11.9 Å². The van der Waals surface area contributed by atoms with Crippen LogP contribution in [-0.4, -0.2) is 12.5 Å². The molecular formula is C14H15FN2OS. The average Bonchev–Trinajstić information content (AvgIpc) is 2.90. The van der Waals surface area contributed by atoms with Gasteiger partial charge in [-0.15, -0.1) is 0 Å². The summed E-state index contributed by atoms with van der Waals surface area (Å²) < 4.78 is 13.8. The highest BCUT2D eigenvalue weighted by atomic mass is 32.1. The summed E-state index contributed by atoms with van der Waals surface area (Å²) >= 11 is 1.49. The number of rotatable bonds is 5. The zero-order chi connectivity index (χ0) is 13.7. The number of amides is 1. The molecule has 1 aromatic carbocycles. The maximum atomic E-state index is 13.8. The van der Waals surface area contributed by atoms with Crippen LogP contribution in [0.1, 0.15) is 23.7 Å². The maximum Gasteiger partial charge on any atom is 0.257 e. The molecule has 0 radical (unpaired) electrons. The van der Waals surface area contributed by atoms with Gasteiger partial charge in [0.1, 0.15) is 5.82 Å². The highest BCUT2D eigenvalue weighted by Crippen LogP contribution is 2.22. The van der Waals surface area contributed by atoms with Crippen molar-refractivity contribution in [3.63, 3.8) is 0 Å². The molecule has 0 fully saturated rings. The lowest BCUT2D eigenvalue weighted by atomic mass is 10.1. The number of halogens is 1. The van der Waals surface area contributed by atoms with Crippen LogP contribution in [0, 0.1) is 5.82 Å². The van der Waals surface area contributed by atoms with Crippen LogP contribution in [0.15, 0.2) is 35.0 Å². The maximum absolute atomic E-state index is 13.8. The fourth-order valence-electron chi connectivity index (χ4n) is 1.68. The van der Waals surface area contributed by atoms with Crippen molar-refractivity contribution in [1.82, 2.24) is 0 Å². The molecule has 100 valence electrons. The molecule has 3 nitrogen and oxygen atoms in total. The van der Waals surface area contributed by atoms with E-state index in [-0.39, 0.29) is 11.6 Å². The summed E-state index contributed by atoms with van der Waals surface area (Å²) in [5, 5.41) is 9.41. The predicted molar refractivity (Wildman–Crippen MR) is 77.5 cm³/mol. The molecule has 0 aliphatic rings. The van der Waals surface area contributed by atoms with Crippen LogP contribution in [-0.2, 0) is 0 Å². The van der Waals surface area contributed by atoms with E-state index >= 15 is 0 Å². The number of anilines is 2. The number of thiophene rings is 1. The second kappa shape index (κ2) is 6.33. The smallest absolute Gasteiger partial charge is 0.257 e. The van der Waals surface area contributed by atoms with E-state index in [4.69, 9.17) is 0 Å². The molecule has 2 aromatic rings. The van der Waals surface area contributed by atoms with E-state index in [1.54, 1.807) is 12.1 Å². The monoisotopic (exact) mass is 278 g/mol. The van der Waals surface area contributed by atoms with Crippen molar-refractivity contribution in [2.45, 2.75) is 13.3 Å². The van der Waals surface area contributed by atoms with Gasteiger partial charge in [0.2, 0.25) is 0 Å². The van der Waals surface area contributed by atoms with Crippen molar-refractivity contribution in [2.24, 2.45) is 0 Å². The number of carbonyl (C=O) groups is 1.